The van der Waals surface area contributed by atoms with Gasteiger partial charge in [0.2, 0.25) is 11.6 Å². The number of carbonyl (C=O) groups is 2. The maximum absolute atomic E-state index is 11.0. The van der Waals surface area contributed by atoms with Gasteiger partial charge < -0.3 is 10.4 Å². The van der Waals surface area contributed by atoms with Gasteiger partial charge in [0.05, 0.1) is 0 Å². The number of nitrogens with one attached hydrogen (secondary N) is 1. The van der Waals surface area contributed by atoms with E-state index in [1.807, 2.05) is 0 Å². The van der Waals surface area contributed by atoms with Crippen LogP contribution in [0.1, 0.15) is 17.4 Å². The predicted octanol–water partition coefficient (Wildman–Crippen LogP) is -0.219. The highest BCUT2D eigenvalue weighted by molar-refractivity contribution is 5.97. The summed E-state index contributed by atoms with van der Waals surface area (Å²) in [5.74, 6) is -1.41. The van der Waals surface area contributed by atoms with E-state index in [9.17, 15) is 9.59 Å². The average molecular weight is 221 g/mol. The van der Waals surface area contributed by atoms with Crippen molar-refractivity contribution < 1.29 is 14.7 Å². The van der Waals surface area contributed by atoms with Gasteiger partial charge in [0.25, 0.3) is 5.78 Å². The molecule has 0 saturated carbocycles. The van der Waals surface area contributed by atoms with Crippen LogP contribution in [0.5, 0.6) is 0 Å². The quantitative estimate of drug-likeness (QED) is 0.725. The number of carboxylic acids is 1. The van der Waals surface area contributed by atoms with E-state index >= 15 is 0 Å². The van der Waals surface area contributed by atoms with Crippen LogP contribution in [0.15, 0.2) is 12.4 Å². The molecule has 2 N–H and O–H groups in total. The van der Waals surface area contributed by atoms with E-state index < -0.39 is 11.9 Å². The molecule has 1 amide bonds. The van der Waals surface area contributed by atoms with Crippen molar-refractivity contribution in [3.05, 3.63) is 18.1 Å². The Bertz CT molecular complexity index is 576. The second-order valence-corrected chi connectivity index (χ2v) is 2.98. The first-order chi connectivity index (χ1) is 7.59. The molecule has 0 atom stereocenters. The summed E-state index contributed by atoms with van der Waals surface area (Å²) in [6, 6.07) is 0. The van der Waals surface area contributed by atoms with Crippen molar-refractivity contribution in [2.24, 2.45) is 0 Å². The number of hydrogen-bond donors (Lipinski definition) is 2. The molecule has 82 valence electrons. The molecule has 2 aromatic rings. The van der Waals surface area contributed by atoms with Crippen molar-refractivity contribution in [1.82, 2.24) is 19.6 Å². The van der Waals surface area contributed by atoms with Gasteiger partial charge in [0.15, 0.2) is 5.82 Å². The fourth-order valence-electron chi connectivity index (χ4n) is 1.23. The minimum Gasteiger partial charge on any atom is -0.476 e. The van der Waals surface area contributed by atoms with Gasteiger partial charge in [-0.15, -0.1) is 10.2 Å². The summed E-state index contributed by atoms with van der Waals surface area (Å²) in [5, 5.41) is 18.4. The summed E-state index contributed by atoms with van der Waals surface area (Å²) in [6.07, 6.45) is 2.92. The molecular weight excluding hydrogens is 214 g/mol. The molecule has 2 aromatic heterocycles. The largest absolute Gasteiger partial charge is 0.476 e. The monoisotopic (exact) mass is 221 g/mol. The molecule has 0 bridgehead atoms. The molecule has 0 fully saturated rings. The number of anilines is 1. The van der Waals surface area contributed by atoms with Crippen molar-refractivity contribution in [3.8, 4) is 0 Å². The molecular formula is C8H7N5O3. The highest BCUT2D eigenvalue weighted by Gasteiger charge is 2.17. The van der Waals surface area contributed by atoms with Crippen LogP contribution in [0.4, 0.5) is 5.82 Å². The van der Waals surface area contributed by atoms with Crippen molar-refractivity contribution in [2.45, 2.75) is 6.92 Å². The molecule has 0 aliphatic heterocycles. The van der Waals surface area contributed by atoms with Crippen LogP contribution < -0.4 is 5.32 Å². The van der Waals surface area contributed by atoms with Crippen molar-refractivity contribution in [2.75, 3.05) is 5.32 Å². The second-order valence-electron chi connectivity index (χ2n) is 2.98. The molecule has 0 aliphatic carbocycles. The molecule has 0 aliphatic rings. The Kier molecular flexibility index (Phi) is 2.24. The molecule has 0 saturated heterocycles. The third-order valence-corrected chi connectivity index (χ3v) is 1.82. The molecule has 8 nitrogen and oxygen atoms in total. The van der Waals surface area contributed by atoms with E-state index in [1.54, 1.807) is 0 Å². The van der Waals surface area contributed by atoms with Gasteiger partial charge in [-0.05, 0) is 0 Å². The Labute approximate surface area is 88.9 Å². The zero-order valence-electron chi connectivity index (χ0n) is 8.21. The first-order valence-corrected chi connectivity index (χ1v) is 4.30. The number of amides is 1. The van der Waals surface area contributed by atoms with Crippen LogP contribution in [-0.2, 0) is 4.79 Å². The van der Waals surface area contributed by atoms with Crippen LogP contribution in [0.3, 0.4) is 0 Å². The molecule has 2 rings (SSSR count). The lowest BCUT2D eigenvalue weighted by Gasteiger charge is -2.06. The Morgan fingerprint density at radius 1 is 1.44 bits per heavy atom. The number of carboxylic acid groups (broad SMARTS) is 1. The first kappa shape index (κ1) is 10.0. The molecule has 0 spiro atoms. The summed E-state index contributed by atoms with van der Waals surface area (Å²) < 4.78 is 1.35. The minimum absolute atomic E-state index is 0.0440. The normalized spacial score (nSPS) is 10.3. The summed E-state index contributed by atoms with van der Waals surface area (Å²) >= 11 is 0. The zero-order chi connectivity index (χ0) is 11.7. The van der Waals surface area contributed by atoms with Crippen LogP contribution in [0.2, 0.25) is 0 Å². The molecule has 2 heterocycles. The van der Waals surface area contributed by atoms with Gasteiger partial charge in [-0.3, -0.25) is 9.20 Å². The van der Waals surface area contributed by atoms with E-state index in [1.165, 1.54) is 23.7 Å². The van der Waals surface area contributed by atoms with Gasteiger partial charge in [0.1, 0.15) is 0 Å². The highest BCUT2D eigenvalue weighted by Crippen LogP contribution is 2.13. The Morgan fingerprint density at radius 3 is 2.81 bits per heavy atom. The fourth-order valence-corrected chi connectivity index (χ4v) is 1.23. The maximum Gasteiger partial charge on any atom is 0.360 e. The van der Waals surface area contributed by atoms with Crippen LogP contribution >= 0.6 is 0 Å². The van der Waals surface area contributed by atoms with Crippen molar-refractivity contribution >= 4 is 23.5 Å². The lowest BCUT2D eigenvalue weighted by Crippen LogP contribution is -2.17. The lowest BCUT2D eigenvalue weighted by atomic mass is 10.4. The minimum atomic E-state index is -1.27. The standard InChI is InChI=1S/C8H7N5O3/c1-4(14)10-6-5(7(15)16)11-12-8-9-2-3-13(6)8/h2-3H,1H3,(H,10,14)(H,15,16). The predicted molar refractivity (Wildman–Crippen MR) is 52.0 cm³/mol. The number of carbonyl (C=O) groups excluding carboxylic acids is 1. The summed E-state index contributed by atoms with van der Waals surface area (Å²) in [5.41, 5.74) is -0.333. The van der Waals surface area contributed by atoms with Crippen LogP contribution in [0, 0.1) is 0 Å². The SMILES string of the molecule is CC(=O)Nc1c(C(=O)O)nnc2nccn12. The molecule has 8 heteroatoms. The maximum atomic E-state index is 11.0. The summed E-state index contributed by atoms with van der Waals surface area (Å²) in [4.78, 5) is 25.7. The Morgan fingerprint density at radius 2 is 2.19 bits per heavy atom. The number of rotatable bonds is 2. The number of aromatic nitrogens is 4. The third kappa shape index (κ3) is 1.56. The van der Waals surface area contributed by atoms with Crippen molar-refractivity contribution in [3.63, 3.8) is 0 Å². The number of hydrogen-bond acceptors (Lipinski definition) is 5. The van der Waals surface area contributed by atoms with E-state index in [0.717, 1.165) is 0 Å². The van der Waals surface area contributed by atoms with E-state index in [-0.39, 0.29) is 17.3 Å². The van der Waals surface area contributed by atoms with Gasteiger partial charge in [-0.2, -0.15) is 0 Å². The molecule has 16 heavy (non-hydrogen) atoms. The average Bonchev–Trinajstić information content (AvgIpc) is 2.64. The van der Waals surface area contributed by atoms with E-state index in [4.69, 9.17) is 5.11 Å². The number of nitrogens with zero attached hydrogens (tertiary/aromatic N) is 4. The first-order valence-electron chi connectivity index (χ1n) is 4.30. The van der Waals surface area contributed by atoms with Gasteiger partial charge in [0, 0.05) is 19.3 Å². The van der Waals surface area contributed by atoms with E-state index in [2.05, 4.69) is 20.5 Å². The Balaban J connectivity index is 2.70. The van der Waals surface area contributed by atoms with Crippen LogP contribution in [0.25, 0.3) is 5.78 Å². The van der Waals surface area contributed by atoms with Crippen molar-refractivity contribution in [1.29, 1.82) is 0 Å². The fraction of sp³-hybridized carbons (Fsp3) is 0.125. The van der Waals surface area contributed by atoms with Gasteiger partial charge in [-0.25, -0.2) is 9.78 Å². The number of imidazole rings is 1. The summed E-state index contributed by atoms with van der Waals surface area (Å²) in [6.45, 7) is 1.27. The second kappa shape index (κ2) is 3.57. The Hall–Kier alpha value is -2.51. The third-order valence-electron chi connectivity index (χ3n) is 1.82. The van der Waals surface area contributed by atoms with Gasteiger partial charge in [-0.1, -0.05) is 0 Å². The molecule has 0 aromatic carbocycles. The van der Waals surface area contributed by atoms with E-state index in [0.29, 0.717) is 0 Å². The number of fused-ring (bicyclic) bond motifs is 1. The topological polar surface area (TPSA) is 109 Å². The molecule has 0 radical (unpaired) electrons. The zero-order valence-corrected chi connectivity index (χ0v) is 8.21. The van der Waals surface area contributed by atoms with Gasteiger partial charge >= 0.3 is 5.97 Å². The molecule has 0 unspecified atom stereocenters. The lowest BCUT2D eigenvalue weighted by molar-refractivity contribution is -0.114. The highest BCUT2D eigenvalue weighted by atomic mass is 16.4. The van der Waals surface area contributed by atoms with Crippen LogP contribution in [-0.4, -0.2) is 36.6 Å². The number of aromatic carboxylic acids is 1. The summed E-state index contributed by atoms with van der Waals surface area (Å²) in [7, 11) is 0. The smallest absolute Gasteiger partial charge is 0.360 e.